The molecule has 0 aliphatic carbocycles. The van der Waals surface area contributed by atoms with Crippen molar-refractivity contribution < 1.29 is 17.7 Å². The summed E-state index contributed by atoms with van der Waals surface area (Å²) in [7, 11) is 0. The van der Waals surface area contributed by atoms with Gasteiger partial charge in [-0.05, 0) is 124 Å². The molecule has 0 bridgehead atoms. The summed E-state index contributed by atoms with van der Waals surface area (Å²) in [6, 6.07) is 114. The summed E-state index contributed by atoms with van der Waals surface area (Å²) in [6.45, 7) is 0. The van der Waals surface area contributed by atoms with Crippen LogP contribution in [0.1, 0.15) is 11.1 Å². The van der Waals surface area contributed by atoms with Gasteiger partial charge in [-0.2, -0.15) is 0 Å². The van der Waals surface area contributed by atoms with Crippen LogP contribution < -0.4 is 0 Å². The van der Waals surface area contributed by atoms with Crippen LogP contribution in [-0.4, -0.2) is 51.9 Å². The Morgan fingerprint density at radius 3 is 1.39 bits per heavy atom. The molecule has 524 valence electrons. The van der Waals surface area contributed by atoms with Crippen LogP contribution in [0.2, 0.25) is 0 Å². The number of amidine groups is 1. The first kappa shape index (κ1) is 64.8. The van der Waals surface area contributed by atoms with Crippen LogP contribution in [0.4, 0.5) is 5.69 Å². The van der Waals surface area contributed by atoms with E-state index in [1.807, 2.05) is 243 Å². The largest absolute Gasteiger partial charge is 0.462 e. The van der Waals surface area contributed by atoms with E-state index in [4.69, 9.17) is 67.5 Å². The van der Waals surface area contributed by atoms with Crippen LogP contribution in [0.3, 0.4) is 0 Å². The molecule has 0 N–H and O–H groups in total. The van der Waals surface area contributed by atoms with Gasteiger partial charge in [-0.25, -0.2) is 49.9 Å². The number of hydrogen-bond donors (Lipinski definition) is 0. The lowest BCUT2D eigenvalue weighted by molar-refractivity contribution is 0.616. The first-order valence-corrected chi connectivity index (χ1v) is 36.8. The zero-order chi connectivity index (χ0) is 74.0. The monoisotopic (exact) mass is 1440 g/mol. The van der Waals surface area contributed by atoms with Crippen molar-refractivity contribution in [1.29, 1.82) is 0 Å². The fourth-order valence-corrected chi connectivity index (χ4v) is 15.0. The van der Waals surface area contributed by atoms with Gasteiger partial charge >= 0.3 is 0 Å². The molecular formula is C98H58N10O4. The molecule has 14 nitrogen and oxygen atoms in total. The molecule has 0 saturated heterocycles. The van der Waals surface area contributed by atoms with Gasteiger partial charge in [-0.1, -0.05) is 249 Å². The lowest BCUT2D eigenvalue weighted by Gasteiger charge is -2.14. The Bertz CT molecular complexity index is 7320. The van der Waals surface area contributed by atoms with Gasteiger partial charge in [-0.3, -0.25) is 0 Å². The predicted octanol–water partition coefficient (Wildman–Crippen LogP) is 24.8. The van der Waals surface area contributed by atoms with E-state index in [2.05, 4.69) is 103 Å². The third-order valence-electron chi connectivity index (χ3n) is 20.4. The van der Waals surface area contributed by atoms with Crippen LogP contribution in [0.15, 0.2) is 374 Å². The number of aliphatic imine (C=N–C) groups is 2. The number of aromatic nitrogens is 8. The molecule has 0 saturated carbocycles. The molecule has 7 aromatic heterocycles. The second-order valence-electron chi connectivity index (χ2n) is 27.4. The second kappa shape index (κ2) is 27.4. The second-order valence-corrected chi connectivity index (χ2v) is 27.4. The SMILES string of the molecule is C(=N\C(=N/c1coc2ccccc12)c1ccccc1)/c1ccc2c(c1)oc1ccc(-c3nc(-c4ccccc4)nc(-c4cccc(-c5ccccc5-c5ccc(-c6nc(-c7ccccc7)nc7c6oc6ccccc67)c6c5oc5ccc(-c7nc(-c8ccccc8)nc(-c8cccc(-c9ccccc9)c8)n7)cc56)c4)n3)cc12. The van der Waals surface area contributed by atoms with Crippen LogP contribution in [-0.2, 0) is 0 Å². The number of fused-ring (bicyclic) bond motifs is 10. The summed E-state index contributed by atoms with van der Waals surface area (Å²) in [5.74, 6) is 4.22. The van der Waals surface area contributed by atoms with Gasteiger partial charge in [-0.15, -0.1) is 0 Å². The minimum Gasteiger partial charge on any atom is -0.462 e. The van der Waals surface area contributed by atoms with E-state index < -0.39 is 0 Å². The smallest absolute Gasteiger partial charge is 0.180 e. The van der Waals surface area contributed by atoms with Crippen molar-refractivity contribution in [3.63, 3.8) is 0 Å². The summed E-state index contributed by atoms with van der Waals surface area (Å²) in [5.41, 5.74) is 20.8. The molecule has 14 heteroatoms. The summed E-state index contributed by atoms with van der Waals surface area (Å²) >= 11 is 0. The Kier molecular flexibility index (Phi) is 15.8. The molecule has 0 atom stereocenters. The van der Waals surface area contributed by atoms with Crippen LogP contribution in [0.5, 0.6) is 0 Å². The molecule has 14 aromatic carbocycles. The topological polar surface area (TPSA) is 180 Å². The maximum Gasteiger partial charge on any atom is 0.180 e. The minimum atomic E-state index is 0.494. The highest BCUT2D eigenvalue weighted by atomic mass is 16.3. The summed E-state index contributed by atoms with van der Waals surface area (Å²) in [6.07, 6.45) is 3.48. The van der Waals surface area contributed by atoms with Crippen molar-refractivity contribution in [1.82, 2.24) is 39.9 Å². The van der Waals surface area contributed by atoms with Crippen LogP contribution in [0.25, 0.3) is 201 Å². The molecule has 0 aliphatic heterocycles. The van der Waals surface area contributed by atoms with Crippen molar-refractivity contribution in [2.45, 2.75) is 0 Å². The first-order chi connectivity index (χ1) is 55.4. The third kappa shape index (κ3) is 11.9. The lowest BCUT2D eigenvalue weighted by atomic mass is 9.91. The van der Waals surface area contributed by atoms with Gasteiger partial charge in [0.2, 0.25) is 0 Å². The summed E-state index contributed by atoms with van der Waals surface area (Å²) < 4.78 is 26.7. The number of para-hydroxylation sites is 2. The van der Waals surface area contributed by atoms with Crippen molar-refractivity contribution in [3.05, 3.63) is 357 Å². The minimum absolute atomic E-state index is 0.494. The zero-order valence-corrected chi connectivity index (χ0v) is 59.6. The van der Waals surface area contributed by atoms with E-state index in [1.54, 1.807) is 6.26 Å². The Morgan fingerprint density at radius 2 is 0.741 bits per heavy atom. The predicted molar refractivity (Wildman–Crippen MR) is 447 cm³/mol. The molecule has 0 unspecified atom stereocenters. The van der Waals surface area contributed by atoms with E-state index >= 15 is 0 Å². The maximum absolute atomic E-state index is 7.35. The van der Waals surface area contributed by atoms with E-state index in [-0.39, 0.29) is 0 Å². The highest BCUT2D eigenvalue weighted by Crippen LogP contribution is 2.48. The number of furan rings is 4. The molecule has 112 heavy (non-hydrogen) atoms. The molecule has 0 amide bonds. The average molecular weight is 1440 g/mol. The van der Waals surface area contributed by atoms with Crippen LogP contribution >= 0.6 is 0 Å². The molecule has 0 spiro atoms. The average Bonchev–Trinajstić information content (AvgIpc) is 1.55. The molecule has 21 aromatic rings. The lowest BCUT2D eigenvalue weighted by Crippen LogP contribution is -2.00. The molecule has 7 heterocycles. The molecule has 0 aliphatic rings. The van der Waals surface area contributed by atoms with Crippen molar-refractivity contribution in [2.75, 3.05) is 0 Å². The Morgan fingerprint density at radius 1 is 0.268 bits per heavy atom. The maximum atomic E-state index is 7.35. The first-order valence-electron chi connectivity index (χ1n) is 36.8. The van der Waals surface area contributed by atoms with E-state index in [0.717, 1.165) is 132 Å². The summed E-state index contributed by atoms with van der Waals surface area (Å²) in [5, 5.41) is 5.26. The third-order valence-corrected chi connectivity index (χ3v) is 20.4. The quantitative estimate of drug-likeness (QED) is 0.0743. The normalized spacial score (nSPS) is 11.9. The molecule has 21 rings (SSSR count). The van der Waals surface area contributed by atoms with Crippen molar-refractivity contribution >= 4 is 94.7 Å². The van der Waals surface area contributed by atoms with Gasteiger partial charge in [0.25, 0.3) is 0 Å². The van der Waals surface area contributed by atoms with Gasteiger partial charge in [0.15, 0.2) is 52.2 Å². The number of benzene rings is 14. The van der Waals surface area contributed by atoms with Gasteiger partial charge in [0.1, 0.15) is 56.7 Å². The number of rotatable bonds is 14. The van der Waals surface area contributed by atoms with Gasteiger partial charge in [0.05, 0.1) is 0 Å². The molecular weight excluding hydrogens is 1380 g/mol. The van der Waals surface area contributed by atoms with E-state index in [9.17, 15) is 0 Å². The number of hydrogen-bond acceptors (Lipinski definition) is 13. The van der Waals surface area contributed by atoms with Crippen LogP contribution in [0, 0.1) is 0 Å². The van der Waals surface area contributed by atoms with Crippen molar-refractivity contribution in [3.8, 4) is 124 Å². The van der Waals surface area contributed by atoms with E-state index in [1.165, 1.54) is 0 Å². The van der Waals surface area contributed by atoms with E-state index in [0.29, 0.717) is 91.4 Å². The highest BCUT2D eigenvalue weighted by Gasteiger charge is 2.27. The molecule has 0 fully saturated rings. The standard InChI is InChI=1S/C98H58N10O4/c1-6-24-60(25-7-1)65-34-22-36-67(53-65)95-103-93(63-30-12-4-13-31-63)106-98(107-95)70-46-51-84-79(56-70)86-77(88-90-87(76-41-19-21-43-82(76)112-90)101-92(102-88)62-28-10-3-11-29-62)49-48-74(89(86)111-84)72-39-17-16-38-71(72)66-35-23-37-68(54-66)96-104-94(64-32-14-5-15-33-64)105-97(108-96)69-45-50-83-78(55-69)73-47-44-59(52-85(73)110-83)57-99-91(61-26-8-2-9-27-61)100-80-58-109-81-42-20-18-40-75(80)81/h1-58H/b99-57+,100-91-. The van der Waals surface area contributed by atoms with Crippen molar-refractivity contribution in [2.24, 2.45) is 9.98 Å². The zero-order valence-electron chi connectivity index (χ0n) is 59.6. The van der Waals surface area contributed by atoms with Gasteiger partial charge < -0.3 is 17.7 Å². The van der Waals surface area contributed by atoms with Gasteiger partial charge in [0, 0.05) is 94.2 Å². The fourth-order valence-electron chi connectivity index (χ4n) is 15.0. The summed E-state index contributed by atoms with van der Waals surface area (Å²) in [4.78, 5) is 52.2. The Hall–Kier alpha value is -15.5. The Balaban J connectivity index is 0.688. The highest BCUT2D eigenvalue weighted by molar-refractivity contribution is 6.20. The fraction of sp³-hybridized carbons (Fsp3) is 0. The molecule has 0 radical (unpaired) electrons. The Labute approximate surface area is 639 Å². The number of nitrogens with zero attached hydrogens (tertiary/aromatic N) is 10.